The third kappa shape index (κ3) is 3.44. The minimum Gasteiger partial charge on any atom is -0.382 e. The molecule has 0 saturated carbocycles. The number of hydrogen-bond acceptors (Lipinski definition) is 5. The number of benzene rings is 2. The van der Waals surface area contributed by atoms with Gasteiger partial charge in [-0.3, -0.25) is 0 Å². The largest absolute Gasteiger partial charge is 0.416 e. The maximum atomic E-state index is 12.7. The minimum absolute atomic E-state index is 0.0251. The number of aromatic nitrogens is 2. The monoisotopic (exact) mass is 346 g/mol. The van der Waals surface area contributed by atoms with Crippen LogP contribution in [0.3, 0.4) is 0 Å². The van der Waals surface area contributed by atoms with Gasteiger partial charge in [0, 0.05) is 0 Å². The van der Waals surface area contributed by atoms with Crippen LogP contribution in [0, 0.1) is 0 Å². The fourth-order valence-corrected chi connectivity index (χ4v) is 2.16. The van der Waals surface area contributed by atoms with Crippen molar-refractivity contribution in [1.29, 1.82) is 0 Å². The number of anilines is 2. The van der Waals surface area contributed by atoms with Crippen LogP contribution >= 0.6 is 0 Å². The molecule has 0 atom stereocenters. The zero-order valence-corrected chi connectivity index (χ0v) is 12.8. The van der Waals surface area contributed by atoms with Crippen molar-refractivity contribution in [3.63, 3.8) is 0 Å². The van der Waals surface area contributed by atoms with E-state index < -0.39 is 11.7 Å². The molecule has 4 N–H and O–H groups in total. The Morgan fingerprint density at radius 1 is 0.920 bits per heavy atom. The standard InChI is InChI=1S/C16H13F3N6/c17-16(18,19)10-5-4-6-11(9-10)22-23-13-14(20)24-25(15(13)21)12-7-2-1-3-8-12/h1-9H,21H2,(H2,20,24). The van der Waals surface area contributed by atoms with Gasteiger partial charge >= 0.3 is 6.18 Å². The SMILES string of the molecule is Nc1nn(-c2ccccc2)c(N)c1N=Nc1cccc(C(F)(F)F)c1. The topological polar surface area (TPSA) is 94.6 Å². The third-order valence-electron chi connectivity index (χ3n) is 3.36. The van der Waals surface area contributed by atoms with Crippen LogP contribution in [0.5, 0.6) is 0 Å². The van der Waals surface area contributed by atoms with Gasteiger partial charge in [-0.1, -0.05) is 24.3 Å². The molecule has 0 aliphatic heterocycles. The Labute approximate surface area is 140 Å². The number of alkyl halides is 3. The average molecular weight is 346 g/mol. The molecule has 2 aromatic carbocycles. The van der Waals surface area contributed by atoms with Crippen LogP contribution in [-0.2, 0) is 6.18 Å². The first-order valence-corrected chi connectivity index (χ1v) is 7.14. The molecule has 0 unspecified atom stereocenters. The van der Waals surface area contributed by atoms with E-state index in [1.807, 2.05) is 6.07 Å². The molecule has 0 bridgehead atoms. The molecule has 1 aromatic heterocycles. The van der Waals surface area contributed by atoms with Crippen LogP contribution in [-0.4, -0.2) is 9.78 Å². The lowest BCUT2D eigenvalue weighted by molar-refractivity contribution is -0.137. The first kappa shape index (κ1) is 16.5. The number of azo groups is 1. The van der Waals surface area contributed by atoms with Gasteiger partial charge in [-0.15, -0.1) is 10.2 Å². The van der Waals surface area contributed by atoms with E-state index in [0.717, 1.165) is 12.1 Å². The van der Waals surface area contributed by atoms with Crippen molar-refractivity contribution in [2.45, 2.75) is 6.18 Å². The molecule has 25 heavy (non-hydrogen) atoms. The Balaban J connectivity index is 1.94. The number of para-hydroxylation sites is 1. The number of nitrogen functional groups attached to an aromatic ring is 2. The second-order valence-electron chi connectivity index (χ2n) is 5.11. The molecule has 1 heterocycles. The van der Waals surface area contributed by atoms with Crippen molar-refractivity contribution in [3.8, 4) is 5.69 Å². The smallest absolute Gasteiger partial charge is 0.382 e. The number of hydrogen-bond donors (Lipinski definition) is 2. The Morgan fingerprint density at radius 3 is 2.32 bits per heavy atom. The van der Waals surface area contributed by atoms with Crippen molar-refractivity contribution in [2.24, 2.45) is 10.2 Å². The summed E-state index contributed by atoms with van der Waals surface area (Å²) < 4.78 is 39.6. The van der Waals surface area contributed by atoms with Crippen LogP contribution in [0.4, 0.5) is 36.2 Å². The summed E-state index contributed by atoms with van der Waals surface area (Å²) in [6, 6.07) is 13.5. The van der Waals surface area contributed by atoms with E-state index in [1.165, 1.54) is 16.8 Å². The molecule has 128 valence electrons. The van der Waals surface area contributed by atoms with E-state index in [0.29, 0.717) is 5.69 Å². The predicted octanol–water partition coefficient (Wildman–Crippen LogP) is 4.47. The molecule has 0 amide bonds. The zero-order chi connectivity index (χ0) is 18.0. The summed E-state index contributed by atoms with van der Waals surface area (Å²) in [5, 5.41) is 11.7. The van der Waals surface area contributed by atoms with Crippen LogP contribution in [0.1, 0.15) is 5.56 Å². The minimum atomic E-state index is -4.46. The maximum Gasteiger partial charge on any atom is 0.416 e. The molecule has 9 heteroatoms. The van der Waals surface area contributed by atoms with E-state index in [9.17, 15) is 13.2 Å². The highest BCUT2D eigenvalue weighted by molar-refractivity contribution is 5.73. The number of halogens is 3. The fourth-order valence-electron chi connectivity index (χ4n) is 2.16. The molecule has 0 aliphatic rings. The third-order valence-corrected chi connectivity index (χ3v) is 3.36. The second-order valence-corrected chi connectivity index (χ2v) is 5.11. The maximum absolute atomic E-state index is 12.7. The number of nitrogens with two attached hydrogens (primary N) is 2. The normalized spacial score (nSPS) is 12.0. The Bertz CT molecular complexity index is 915. The summed E-state index contributed by atoms with van der Waals surface area (Å²) in [5.74, 6) is 0.163. The highest BCUT2D eigenvalue weighted by Crippen LogP contribution is 2.34. The highest BCUT2D eigenvalue weighted by atomic mass is 19.4. The predicted molar refractivity (Wildman–Crippen MR) is 88.0 cm³/mol. The van der Waals surface area contributed by atoms with Gasteiger partial charge in [0.15, 0.2) is 17.3 Å². The molecular formula is C16H13F3N6. The molecule has 0 saturated heterocycles. The van der Waals surface area contributed by atoms with Crippen molar-refractivity contribution < 1.29 is 13.2 Å². The molecule has 6 nitrogen and oxygen atoms in total. The van der Waals surface area contributed by atoms with E-state index in [1.54, 1.807) is 24.3 Å². The van der Waals surface area contributed by atoms with Crippen molar-refractivity contribution in [1.82, 2.24) is 9.78 Å². The lowest BCUT2D eigenvalue weighted by Crippen LogP contribution is -2.03. The molecular weight excluding hydrogens is 333 g/mol. The lowest BCUT2D eigenvalue weighted by atomic mass is 10.2. The molecule has 0 spiro atoms. The Kier molecular flexibility index (Phi) is 4.14. The van der Waals surface area contributed by atoms with Gasteiger partial charge in [-0.05, 0) is 30.3 Å². The van der Waals surface area contributed by atoms with Crippen molar-refractivity contribution in [2.75, 3.05) is 11.5 Å². The summed E-state index contributed by atoms with van der Waals surface area (Å²) in [4.78, 5) is 0. The Hall–Kier alpha value is -3.36. The van der Waals surface area contributed by atoms with Crippen LogP contribution < -0.4 is 11.5 Å². The molecule has 3 aromatic rings. The number of nitrogens with zero attached hydrogens (tertiary/aromatic N) is 4. The average Bonchev–Trinajstić information content (AvgIpc) is 2.88. The lowest BCUT2D eigenvalue weighted by Gasteiger charge is -2.06. The fraction of sp³-hybridized carbons (Fsp3) is 0.0625. The molecule has 0 radical (unpaired) electrons. The summed E-state index contributed by atoms with van der Waals surface area (Å²) in [7, 11) is 0. The van der Waals surface area contributed by atoms with Gasteiger partial charge in [0.1, 0.15) is 0 Å². The molecule has 3 rings (SSSR count). The van der Waals surface area contributed by atoms with Crippen molar-refractivity contribution in [3.05, 3.63) is 60.2 Å². The van der Waals surface area contributed by atoms with Gasteiger partial charge in [0.05, 0.1) is 16.9 Å². The summed E-state index contributed by atoms with van der Waals surface area (Å²) in [5.41, 5.74) is 11.8. The van der Waals surface area contributed by atoms with Crippen LogP contribution in [0.2, 0.25) is 0 Å². The quantitative estimate of drug-likeness (QED) is 0.685. The summed E-state index contributed by atoms with van der Waals surface area (Å²) >= 11 is 0. The van der Waals surface area contributed by atoms with Crippen LogP contribution in [0.15, 0.2) is 64.8 Å². The summed E-state index contributed by atoms with van der Waals surface area (Å²) in [6.07, 6.45) is -4.46. The second kappa shape index (κ2) is 6.27. The summed E-state index contributed by atoms with van der Waals surface area (Å²) in [6.45, 7) is 0. The van der Waals surface area contributed by atoms with Gasteiger partial charge in [0.2, 0.25) is 0 Å². The van der Waals surface area contributed by atoms with Gasteiger partial charge in [-0.2, -0.15) is 18.3 Å². The first-order valence-electron chi connectivity index (χ1n) is 7.14. The first-order chi connectivity index (χ1) is 11.9. The van der Waals surface area contributed by atoms with E-state index in [2.05, 4.69) is 15.3 Å². The van der Waals surface area contributed by atoms with Crippen molar-refractivity contribution >= 4 is 23.0 Å². The van der Waals surface area contributed by atoms with Crippen LogP contribution in [0.25, 0.3) is 5.69 Å². The molecule has 0 aliphatic carbocycles. The van der Waals surface area contributed by atoms with E-state index in [4.69, 9.17) is 11.5 Å². The van der Waals surface area contributed by atoms with Gasteiger partial charge < -0.3 is 11.5 Å². The number of rotatable bonds is 3. The van der Waals surface area contributed by atoms with Gasteiger partial charge in [0.25, 0.3) is 0 Å². The van der Waals surface area contributed by atoms with Gasteiger partial charge in [-0.25, -0.2) is 4.68 Å². The highest BCUT2D eigenvalue weighted by Gasteiger charge is 2.30. The zero-order valence-electron chi connectivity index (χ0n) is 12.8. The van der Waals surface area contributed by atoms with E-state index in [-0.39, 0.29) is 23.0 Å². The molecule has 0 fully saturated rings. The van der Waals surface area contributed by atoms with E-state index >= 15 is 0 Å². The Morgan fingerprint density at radius 2 is 1.64 bits per heavy atom.